The number of nitro groups is 1. The van der Waals surface area contributed by atoms with Gasteiger partial charge in [0.05, 0.1) is 11.0 Å². The summed E-state index contributed by atoms with van der Waals surface area (Å²) in [5, 5.41) is 16.2. The molecule has 1 aliphatic rings. The van der Waals surface area contributed by atoms with Crippen molar-refractivity contribution in [1.82, 2.24) is 9.97 Å². The zero-order chi connectivity index (χ0) is 14.1. The van der Waals surface area contributed by atoms with Gasteiger partial charge in [-0.2, -0.15) is 4.98 Å². The van der Waals surface area contributed by atoms with Gasteiger partial charge in [0.2, 0.25) is 11.1 Å². The summed E-state index contributed by atoms with van der Waals surface area (Å²) in [5.74, 6) is 0.180. The van der Waals surface area contributed by atoms with E-state index in [0.29, 0.717) is 0 Å². The fraction of sp³-hybridized carbons (Fsp3) is 0.333. The van der Waals surface area contributed by atoms with Gasteiger partial charge in [0.1, 0.15) is 6.20 Å². The first-order chi connectivity index (χ1) is 9.65. The molecule has 0 radical (unpaired) electrons. The van der Waals surface area contributed by atoms with Crippen molar-refractivity contribution >= 4 is 34.4 Å². The molecule has 0 amide bonds. The number of rotatable bonds is 3. The van der Waals surface area contributed by atoms with E-state index in [9.17, 15) is 10.1 Å². The van der Waals surface area contributed by atoms with Crippen molar-refractivity contribution in [3.63, 3.8) is 0 Å². The number of hydrogen-bond acceptors (Lipinski definition) is 6. The highest BCUT2D eigenvalue weighted by atomic mass is 35.5. The number of nitrogens with zero attached hydrogens (tertiary/aromatic N) is 3. The Morgan fingerprint density at radius 2 is 2.40 bits per heavy atom. The van der Waals surface area contributed by atoms with Crippen molar-refractivity contribution in [3.8, 4) is 0 Å². The van der Waals surface area contributed by atoms with E-state index in [4.69, 9.17) is 11.6 Å². The predicted octanol–water partition coefficient (Wildman–Crippen LogP) is 3.59. The summed E-state index contributed by atoms with van der Waals surface area (Å²) < 4.78 is 0. The molecule has 0 saturated heterocycles. The third-order valence-corrected chi connectivity index (χ3v) is 4.48. The van der Waals surface area contributed by atoms with Crippen molar-refractivity contribution in [2.24, 2.45) is 0 Å². The molecular formula is C12H11ClN4O2S. The molecule has 0 fully saturated rings. The van der Waals surface area contributed by atoms with E-state index >= 15 is 0 Å². The molecule has 20 heavy (non-hydrogen) atoms. The monoisotopic (exact) mass is 310 g/mol. The second-order valence-electron chi connectivity index (χ2n) is 4.52. The first-order valence-corrected chi connectivity index (χ1v) is 7.40. The highest BCUT2D eigenvalue weighted by molar-refractivity contribution is 7.10. The number of thiophene rings is 1. The predicted molar refractivity (Wildman–Crippen MR) is 77.3 cm³/mol. The topological polar surface area (TPSA) is 81.0 Å². The number of halogens is 1. The molecule has 1 atom stereocenters. The summed E-state index contributed by atoms with van der Waals surface area (Å²) in [6.07, 6.45) is 4.17. The lowest BCUT2D eigenvalue weighted by Crippen LogP contribution is -2.17. The minimum absolute atomic E-state index is 0.000508. The second-order valence-corrected chi connectivity index (χ2v) is 5.86. The Kier molecular flexibility index (Phi) is 3.54. The molecule has 0 aromatic carbocycles. The summed E-state index contributed by atoms with van der Waals surface area (Å²) >= 11 is 7.46. The Bertz CT molecular complexity index is 661. The van der Waals surface area contributed by atoms with Crippen LogP contribution in [0.5, 0.6) is 0 Å². The van der Waals surface area contributed by atoms with E-state index in [0.717, 1.165) is 25.5 Å². The molecule has 2 aromatic heterocycles. The number of aromatic nitrogens is 2. The molecule has 6 nitrogen and oxygen atoms in total. The number of fused-ring (bicyclic) bond motifs is 1. The van der Waals surface area contributed by atoms with Crippen LogP contribution in [0.3, 0.4) is 0 Å². The molecule has 1 unspecified atom stereocenters. The maximum absolute atomic E-state index is 11.0. The van der Waals surface area contributed by atoms with E-state index in [1.54, 1.807) is 11.3 Å². The summed E-state index contributed by atoms with van der Waals surface area (Å²) in [6.45, 7) is 0. The molecule has 104 valence electrons. The van der Waals surface area contributed by atoms with Crippen molar-refractivity contribution in [2.75, 3.05) is 5.32 Å². The van der Waals surface area contributed by atoms with Crippen LogP contribution in [0, 0.1) is 10.1 Å². The first-order valence-electron chi connectivity index (χ1n) is 6.15. The fourth-order valence-electron chi connectivity index (χ4n) is 2.40. The minimum atomic E-state index is -0.504. The maximum Gasteiger partial charge on any atom is 0.329 e. The Morgan fingerprint density at radius 3 is 3.20 bits per heavy atom. The van der Waals surface area contributed by atoms with Gasteiger partial charge in [0, 0.05) is 4.88 Å². The van der Waals surface area contributed by atoms with Gasteiger partial charge < -0.3 is 5.32 Å². The number of anilines is 1. The van der Waals surface area contributed by atoms with E-state index in [1.165, 1.54) is 10.4 Å². The van der Waals surface area contributed by atoms with E-state index < -0.39 is 4.92 Å². The van der Waals surface area contributed by atoms with E-state index in [1.807, 2.05) is 5.38 Å². The molecule has 2 aromatic rings. The van der Waals surface area contributed by atoms with Crippen LogP contribution in [-0.4, -0.2) is 14.9 Å². The third kappa shape index (κ3) is 2.46. The molecule has 8 heteroatoms. The van der Waals surface area contributed by atoms with Gasteiger partial charge in [-0.15, -0.1) is 11.3 Å². The molecule has 0 aliphatic heterocycles. The molecule has 0 spiro atoms. The second kappa shape index (κ2) is 5.34. The largest absolute Gasteiger partial charge is 0.357 e. The van der Waals surface area contributed by atoms with Gasteiger partial charge in [-0.3, -0.25) is 10.1 Å². The highest BCUT2D eigenvalue weighted by Gasteiger charge is 2.25. The van der Waals surface area contributed by atoms with Gasteiger partial charge in [-0.1, -0.05) is 0 Å². The lowest BCUT2D eigenvalue weighted by Gasteiger charge is -2.23. The van der Waals surface area contributed by atoms with Gasteiger partial charge in [0.25, 0.3) is 0 Å². The normalized spacial score (nSPS) is 17.6. The smallest absolute Gasteiger partial charge is 0.329 e. The lowest BCUT2D eigenvalue weighted by atomic mass is 9.94. The number of hydrogen-bond donors (Lipinski definition) is 1. The van der Waals surface area contributed by atoms with Gasteiger partial charge in [0.15, 0.2) is 0 Å². The zero-order valence-electron chi connectivity index (χ0n) is 10.4. The molecule has 0 saturated carbocycles. The van der Waals surface area contributed by atoms with E-state index in [-0.39, 0.29) is 22.8 Å². The van der Waals surface area contributed by atoms with Gasteiger partial charge in [-0.25, -0.2) is 4.98 Å². The summed E-state index contributed by atoms with van der Waals surface area (Å²) in [5.41, 5.74) is 1.04. The van der Waals surface area contributed by atoms with Gasteiger partial charge >= 0.3 is 5.69 Å². The Hall–Kier alpha value is -1.73. The number of nitrogens with one attached hydrogen (secondary N) is 1. The van der Waals surface area contributed by atoms with Crippen LogP contribution in [-0.2, 0) is 6.42 Å². The molecule has 2 heterocycles. The van der Waals surface area contributed by atoms with Crippen LogP contribution in [0.15, 0.2) is 17.6 Å². The SMILES string of the molecule is O=[N+]([O-])c1cnc(Cl)nc1NC1CCCc2sccc21. The van der Waals surface area contributed by atoms with Crippen LogP contribution in [0.4, 0.5) is 11.5 Å². The fourth-order valence-corrected chi connectivity index (χ4v) is 3.52. The molecule has 1 N–H and O–H groups in total. The maximum atomic E-state index is 11.0. The quantitative estimate of drug-likeness (QED) is 0.532. The average Bonchev–Trinajstić information content (AvgIpc) is 2.88. The standard InChI is InChI=1S/C12H11ClN4O2S/c13-12-14-6-9(17(18)19)11(16-12)15-8-2-1-3-10-7(8)4-5-20-10/h4-6,8H,1-3H2,(H,14,15,16). The van der Waals surface area contributed by atoms with Crippen molar-refractivity contribution < 1.29 is 4.92 Å². The van der Waals surface area contributed by atoms with Crippen LogP contribution in [0.2, 0.25) is 5.28 Å². The lowest BCUT2D eigenvalue weighted by molar-refractivity contribution is -0.384. The highest BCUT2D eigenvalue weighted by Crippen LogP contribution is 2.36. The van der Waals surface area contributed by atoms with Crippen LogP contribution in [0.25, 0.3) is 0 Å². The third-order valence-electron chi connectivity index (χ3n) is 3.30. The van der Waals surface area contributed by atoms with Crippen LogP contribution < -0.4 is 5.32 Å². The summed E-state index contributed by atoms with van der Waals surface area (Å²) in [7, 11) is 0. The van der Waals surface area contributed by atoms with Crippen LogP contribution in [0.1, 0.15) is 29.3 Å². The molecular weight excluding hydrogens is 300 g/mol. The van der Waals surface area contributed by atoms with Crippen molar-refractivity contribution in [2.45, 2.75) is 25.3 Å². The Labute approximate surface area is 124 Å². The minimum Gasteiger partial charge on any atom is -0.357 e. The van der Waals surface area contributed by atoms with Crippen molar-refractivity contribution in [3.05, 3.63) is 43.5 Å². The number of aryl methyl sites for hydroxylation is 1. The van der Waals surface area contributed by atoms with Crippen LogP contribution >= 0.6 is 22.9 Å². The molecule has 0 bridgehead atoms. The zero-order valence-corrected chi connectivity index (χ0v) is 11.9. The molecule has 3 rings (SSSR count). The first kappa shape index (κ1) is 13.3. The summed E-state index contributed by atoms with van der Waals surface area (Å²) in [4.78, 5) is 19.5. The summed E-state index contributed by atoms with van der Waals surface area (Å²) in [6, 6.07) is 2.10. The van der Waals surface area contributed by atoms with Gasteiger partial charge in [-0.05, 0) is 47.9 Å². The van der Waals surface area contributed by atoms with E-state index in [2.05, 4.69) is 21.4 Å². The average molecular weight is 311 g/mol. The Morgan fingerprint density at radius 1 is 1.55 bits per heavy atom. The molecule has 1 aliphatic carbocycles. The Balaban J connectivity index is 1.93. The van der Waals surface area contributed by atoms with Crippen molar-refractivity contribution in [1.29, 1.82) is 0 Å².